The first kappa shape index (κ1) is 21.9. The van der Waals surface area contributed by atoms with E-state index in [4.69, 9.17) is 14.2 Å². The number of cyclic esters (lactones) is 1. The second-order valence-electron chi connectivity index (χ2n) is 9.07. The second-order valence-corrected chi connectivity index (χ2v) is 9.07. The van der Waals surface area contributed by atoms with Crippen LogP contribution < -0.4 is 9.47 Å². The first-order valence-electron chi connectivity index (χ1n) is 11.2. The van der Waals surface area contributed by atoms with Gasteiger partial charge in [0.25, 0.3) is 0 Å². The van der Waals surface area contributed by atoms with Crippen molar-refractivity contribution in [2.45, 2.75) is 33.3 Å². The van der Waals surface area contributed by atoms with Gasteiger partial charge in [-0.2, -0.15) is 0 Å². The maximum Gasteiger partial charge on any atom is 0.340 e. The average molecular weight is 431 g/mol. The van der Waals surface area contributed by atoms with Gasteiger partial charge in [0.15, 0.2) is 5.60 Å². The Balaban J connectivity index is 1.75. The minimum atomic E-state index is -1.01. The Morgan fingerprint density at radius 1 is 0.719 bits per heavy atom. The quantitative estimate of drug-likeness (QED) is 0.398. The van der Waals surface area contributed by atoms with E-state index in [0.717, 1.165) is 28.2 Å². The van der Waals surface area contributed by atoms with Crippen LogP contribution in [0.5, 0.6) is 11.5 Å². The molecule has 0 aliphatic carbocycles. The van der Waals surface area contributed by atoms with Crippen LogP contribution in [0.3, 0.4) is 0 Å². The molecule has 0 saturated heterocycles. The van der Waals surface area contributed by atoms with Crippen LogP contribution in [0.4, 0.5) is 0 Å². The van der Waals surface area contributed by atoms with Crippen LogP contribution in [0.2, 0.25) is 0 Å². The Labute approximate surface area is 190 Å². The summed E-state index contributed by atoms with van der Waals surface area (Å²) in [5.41, 5.74) is 2.18. The smallest absolute Gasteiger partial charge is 0.340 e. The highest BCUT2D eigenvalue weighted by Crippen LogP contribution is 2.47. The van der Waals surface area contributed by atoms with E-state index in [2.05, 4.69) is 27.7 Å². The van der Waals surface area contributed by atoms with Crippen LogP contribution in [0.25, 0.3) is 0 Å². The van der Waals surface area contributed by atoms with Gasteiger partial charge >= 0.3 is 5.97 Å². The zero-order valence-electron chi connectivity index (χ0n) is 19.1. The molecule has 1 heterocycles. The van der Waals surface area contributed by atoms with Gasteiger partial charge in [-0.25, -0.2) is 4.79 Å². The number of esters is 1. The summed E-state index contributed by atoms with van der Waals surface area (Å²) in [7, 11) is 0. The van der Waals surface area contributed by atoms with Gasteiger partial charge < -0.3 is 14.2 Å². The van der Waals surface area contributed by atoms with Crippen molar-refractivity contribution in [1.82, 2.24) is 0 Å². The fourth-order valence-electron chi connectivity index (χ4n) is 3.91. The van der Waals surface area contributed by atoms with E-state index >= 15 is 0 Å². The predicted molar refractivity (Wildman–Crippen MR) is 125 cm³/mol. The topological polar surface area (TPSA) is 44.8 Å². The van der Waals surface area contributed by atoms with Crippen LogP contribution in [0.15, 0.2) is 72.8 Å². The number of hydrogen-bond acceptors (Lipinski definition) is 4. The minimum Gasteiger partial charge on any atom is -0.493 e. The molecule has 0 aromatic heterocycles. The van der Waals surface area contributed by atoms with Gasteiger partial charge in [0.05, 0.1) is 18.8 Å². The van der Waals surface area contributed by atoms with Gasteiger partial charge in [0, 0.05) is 16.7 Å². The minimum absolute atomic E-state index is 0.319. The lowest BCUT2D eigenvalue weighted by atomic mass is 9.80. The largest absolute Gasteiger partial charge is 0.493 e. The Hall–Kier alpha value is -3.27. The summed E-state index contributed by atoms with van der Waals surface area (Å²) in [5.74, 6) is 2.17. The van der Waals surface area contributed by atoms with E-state index in [0.29, 0.717) is 30.6 Å². The molecule has 3 aromatic rings. The zero-order valence-corrected chi connectivity index (χ0v) is 19.1. The van der Waals surface area contributed by atoms with Crippen LogP contribution in [-0.2, 0) is 10.3 Å². The van der Waals surface area contributed by atoms with E-state index in [-0.39, 0.29) is 5.97 Å². The Bertz CT molecular complexity index is 1010. The number of carbonyl (C=O) groups excluding carboxylic acids is 1. The number of rotatable bonds is 8. The molecule has 32 heavy (non-hydrogen) atoms. The van der Waals surface area contributed by atoms with Crippen LogP contribution >= 0.6 is 0 Å². The summed E-state index contributed by atoms with van der Waals surface area (Å²) in [6.07, 6.45) is 0. The molecule has 0 saturated carbocycles. The summed E-state index contributed by atoms with van der Waals surface area (Å²) >= 11 is 0. The third kappa shape index (κ3) is 4.22. The van der Waals surface area contributed by atoms with Gasteiger partial charge in [-0.05, 0) is 42.2 Å². The molecule has 0 atom stereocenters. The molecule has 0 radical (unpaired) electrons. The molecule has 4 rings (SSSR count). The number of hydrogen-bond donors (Lipinski definition) is 0. The maximum absolute atomic E-state index is 12.8. The van der Waals surface area contributed by atoms with Crippen LogP contribution in [0, 0.1) is 11.8 Å². The predicted octanol–water partition coefficient (Wildman–Crippen LogP) is 6.22. The van der Waals surface area contributed by atoms with Gasteiger partial charge in [0.2, 0.25) is 0 Å². The molecule has 0 fully saturated rings. The van der Waals surface area contributed by atoms with Crippen molar-refractivity contribution >= 4 is 5.97 Å². The third-order valence-corrected chi connectivity index (χ3v) is 5.46. The Morgan fingerprint density at radius 3 is 1.66 bits per heavy atom. The van der Waals surface area contributed by atoms with Crippen LogP contribution in [0.1, 0.15) is 54.7 Å². The average Bonchev–Trinajstić information content (AvgIpc) is 3.10. The molecule has 0 amide bonds. The molecular formula is C28H30O4. The highest BCUT2D eigenvalue weighted by molar-refractivity contribution is 5.96. The van der Waals surface area contributed by atoms with Crippen molar-refractivity contribution < 1.29 is 19.0 Å². The molecule has 0 bridgehead atoms. The van der Waals surface area contributed by atoms with Crippen LogP contribution in [-0.4, -0.2) is 19.2 Å². The van der Waals surface area contributed by atoms with Crippen molar-refractivity contribution in [3.63, 3.8) is 0 Å². The number of fused-ring (bicyclic) bond motifs is 1. The number of benzene rings is 3. The highest BCUT2D eigenvalue weighted by atomic mass is 16.6. The summed E-state index contributed by atoms with van der Waals surface area (Å²) in [4.78, 5) is 12.8. The fraction of sp³-hybridized carbons (Fsp3) is 0.321. The van der Waals surface area contributed by atoms with Crippen molar-refractivity contribution in [1.29, 1.82) is 0 Å². The molecule has 4 heteroatoms. The Morgan fingerprint density at radius 2 is 1.19 bits per heavy atom. The van der Waals surface area contributed by atoms with E-state index in [9.17, 15) is 4.79 Å². The van der Waals surface area contributed by atoms with Crippen molar-refractivity contribution in [3.05, 3.63) is 95.1 Å². The standard InChI is InChI=1S/C28H30O4/c1-19(2)17-30-23-13-9-21(10-14-23)28(26-8-6-5-7-25(26)27(29)32-28)22-11-15-24(16-12-22)31-18-20(3)4/h5-16,19-20H,17-18H2,1-4H3. The molecule has 0 N–H and O–H groups in total. The lowest BCUT2D eigenvalue weighted by Crippen LogP contribution is -2.29. The SMILES string of the molecule is CC(C)COc1ccc(C2(c3ccc(OCC(C)C)cc3)OC(=O)c3ccccc32)cc1. The molecule has 4 nitrogen and oxygen atoms in total. The normalized spacial score (nSPS) is 14.4. The summed E-state index contributed by atoms with van der Waals surface area (Å²) in [6.45, 7) is 9.78. The molecule has 0 unspecified atom stereocenters. The number of ether oxygens (including phenoxy) is 3. The first-order chi connectivity index (χ1) is 15.4. The summed E-state index contributed by atoms with van der Waals surface area (Å²) in [5, 5.41) is 0. The van der Waals surface area contributed by atoms with Gasteiger partial charge in [-0.3, -0.25) is 0 Å². The van der Waals surface area contributed by atoms with E-state index in [1.165, 1.54) is 0 Å². The van der Waals surface area contributed by atoms with Crippen molar-refractivity contribution in [3.8, 4) is 11.5 Å². The van der Waals surface area contributed by atoms with E-state index < -0.39 is 5.60 Å². The lowest BCUT2D eigenvalue weighted by Gasteiger charge is -2.30. The highest BCUT2D eigenvalue weighted by Gasteiger charge is 2.48. The maximum atomic E-state index is 12.8. The van der Waals surface area contributed by atoms with Crippen molar-refractivity contribution in [2.75, 3.05) is 13.2 Å². The van der Waals surface area contributed by atoms with Gasteiger partial charge in [-0.1, -0.05) is 70.2 Å². The molecular weight excluding hydrogens is 400 g/mol. The fourth-order valence-corrected chi connectivity index (χ4v) is 3.91. The monoisotopic (exact) mass is 430 g/mol. The first-order valence-corrected chi connectivity index (χ1v) is 11.2. The zero-order chi connectivity index (χ0) is 22.7. The summed E-state index contributed by atoms with van der Waals surface area (Å²) < 4.78 is 17.9. The molecule has 1 aliphatic rings. The van der Waals surface area contributed by atoms with Gasteiger partial charge in [-0.15, -0.1) is 0 Å². The number of carbonyl (C=O) groups is 1. The molecule has 0 spiro atoms. The van der Waals surface area contributed by atoms with Crippen molar-refractivity contribution in [2.24, 2.45) is 11.8 Å². The van der Waals surface area contributed by atoms with Gasteiger partial charge in [0.1, 0.15) is 11.5 Å². The third-order valence-electron chi connectivity index (χ3n) is 5.46. The molecule has 166 valence electrons. The van der Waals surface area contributed by atoms with E-state index in [1.807, 2.05) is 72.8 Å². The lowest BCUT2D eigenvalue weighted by molar-refractivity contribution is 0.0251. The Kier molecular flexibility index (Phi) is 6.22. The van der Waals surface area contributed by atoms with E-state index in [1.54, 1.807) is 0 Å². The molecule has 3 aromatic carbocycles. The summed E-state index contributed by atoms with van der Waals surface area (Å²) in [6, 6.07) is 23.3. The second kappa shape index (κ2) is 9.07. The molecule has 1 aliphatic heterocycles.